The fraction of sp³-hybridized carbons (Fsp3) is 0.269. The van der Waals surface area contributed by atoms with Crippen molar-refractivity contribution in [3.63, 3.8) is 0 Å². The fourth-order valence-electron chi connectivity index (χ4n) is 4.05. The van der Waals surface area contributed by atoms with E-state index in [9.17, 15) is 4.79 Å². The lowest BCUT2D eigenvalue weighted by atomic mass is 10.1. The molecule has 0 bridgehead atoms. The van der Waals surface area contributed by atoms with Crippen LogP contribution in [-0.4, -0.2) is 50.6 Å². The topological polar surface area (TPSA) is 57.7 Å². The van der Waals surface area contributed by atoms with Crippen LogP contribution in [0, 0.1) is 0 Å². The number of aromatic nitrogens is 1. The molecule has 1 amide bonds. The number of hydrogen-bond donors (Lipinski definition) is 1. The molecule has 0 spiro atoms. The highest BCUT2D eigenvalue weighted by Gasteiger charge is 2.42. The molecule has 1 unspecified atom stereocenters. The highest BCUT2D eigenvalue weighted by atomic mass is 35.6. The van der Waals surface area contributed by atoms with E-state index in [1.165, 1.54) is 6.08 Å². The second-order valence-electron chi connectivity index (χ2n) is 8.12. The number of para-hydroxylation sites is 1. The summed E-state index contributed by atoms with van der Waals surface area (Å²) in [5.74, 6) is 0.354. The monoisotopic (exact) mass is 562 g/mol. The second kappa shape index (κ2) is 11.6. The summed E-state index contributed by atoms with van der Waals surface area (Å²) in [6.45, 7) is 3.71. The molecule has 0 saturated carbocycles. The van der Waals surface area contributed by atoms with Crippen molar-refractivity contribution in [1.29, 1.82) is 0 Å². The molecule has 1 aliphatic heterocycles. The molecule has 1 aliphatic rings. The van der Waals surface area contributed by atoms with Crippen LogP contribution in [0.4, 0.5) is 5.69 Å². The normalized spacial score (nSPS) is 15.4. The van der Waals surface area contributed by atoms with Gasteiger partial charge in [-0.05, 0) is 61.5 Å². The van der Waals surface area contributed by atoms with Crippen molar-refractivity contribution in [2.45, 2.75) is 23.3 Å². The van der Waals surface area contributed by atoms with E-state index in [-0.39, 0.29) is 0 Å². The number of carbonyl (C=O) groups is 1. The SMILES string of the molecule is CCOc1ccc(/C=C/C(=O)NC(N2CCCN(c3cccc4cccnc34)C2=S)C(Cl)(Cl)Cl)cc1. The van der Waals surface area contributed by atoms with Gasteiger partial charge in [0.2, 0.25) is 9.70 Å². The number of halogens is 3. The first kappa shape index (κ1) is 26.5. The van der Waals surface area contributed by atoms with Gasteiger partial charge in [-0.2, -0.15) is 0 Å². The average Bonchev–Trinajstić information content (AvgIpc) is 2.86. The van der Waals surface area contributed by atoms with Gasteiger partial charge in [0, 0.05) is 30.7 Å². The Bertz CT molecular complexity index is 1260. The van der Waals surface area contributed by atoms with Crippen LogP contribution >= 0.6 is 47.0 Å². The molecule has 36 heavy (non-hydrogen) atoms. The molecule has 2 aromatic carbocycles. The number of alkyl halides is 3. The molecule has 2 heterocycles. The minimum absolute atomic E-state index is 0.410. The molecular weight excluding hydrogens is 539 g/mol. The number of carbonyl (C=O) groups excluding carboxylic acids is 1. The number of hydrogen-bond acceptors (Lipinski definition) is 4. The summed E-state index contributed by atoms with van der Waals surface area (Å²) in [4.78, 5) is 21.1. The van der Waals surface area contributed by atoms with Crippen molar-refractivity contribution < 1.29 is 9.53 Å². The van der Waals surface area contributed by atoms with Gasteiger partial charge in [-0.25, -0.2) is 0 Å². The van der Waals surface area contributed by atoms with E-state index in [0.29, 0.717) is 24.8 Å². The minimum Gasteiger partial charge on any atom is -0.494 e. The fourth-order valence-corrected chi connectivity index (χ4v) is 4.95. The van der Waals surface area contributed by atoms with Gasteiger partial charge in [-0.3, -0.25) is 9.78 Å². The van der Waals surface area contributed by atoms with E-state index in [4.69, 9.17) is 51.8 Å². The van der Waals surface area contributed by atoms with Gasteiger partial charge in [-0.15, -0.1) is 0 Å². The number of nitrogens with one attached hydrogen (secondary N) is 1. The highest BCUT2D eigenvalue weighted by Crippen LogP contribution is 2.35. The zero-order valence-corrected chi connectivity index (χ0v) is 22.6. The average molecular weight is 564 g/mol. The van der Waals surface area contributed by atoms with Crippen LogP contribution < -0.4 is 15.0 Å². The summed E-state index contributed by atoms with van der Waals surface area (Å²) in [5.41, 5.74) is 2.53. The third-order valence-electron chi connectivity index (χ3n) is 5.68. The molecular formula is C26H25Cl3N4O2S. The first-order valence-corrected chi connectivity index (χ1v) is 13.0. The molecule has 3 aromatic rings. The molecule has 1 saturated heterocycles. The molecule has 188 valence electrons. The third-order valence-corrected chi connectivity index (χ3v) is 6.75. The van der Waals surface area contributed by atoms with E-state index in [2.05, 4.69) is 10.3 Å². The van der Waals surface area contributed by atoms with Gasteiger partial charge >= 0.3 is 0 Å². The summed E-state index contributed by atoms with van der Waals surface area (Å²) in [6.07, 6.45) is 4.61. The Morgan fingerprint density at radius 1 is 1.17 bits per heavy atom. The van der Waals surface area contributed by atoms with Crippen LogP contribution in [0.3, 0.4) is 0 Å². The van der Waals surface area contributed by atoms with E-state index < -0.39 is 15.9 Å². The number of rotatable bonds is 7. The number of ether oxygens (including phenoxy) is 1. The molecule has 1 fully saturated rings. The van der Waals surface area contributed by atoms with Crippen LogP contribution in [0.1, 0.15) is 18.9 Å². The summed E-state index contributed by atoms with van der Waals surface area (Å²) in [6, 6.07) is 17.2. The maximum Gasteiger partial charge on any atom is 0.245 e. The first-order chi connectivity index (χ1) is 17.3. The van der Waals surface area contributed by atoms with E-state index in [1.807, 2.05) is 66.4 Å². The molecule has 1 N–H and O–H groups in total. The number of nitrogens with zero attached hydrogens (tertiary/aromatic N) is 3. The summed E-state index contributed by atoms with van der Waals surface area (Å²) in [5, 5.41) is 4.27. The third kappa shape index (κ3) is 6.21. The Balaban J connectivity index is 1.52. The quantitative estimate of drug-likeness (QED) is 0.218. The molecule has 0 aliphatic carbocycles. The predicted octanol–water partition coefficient (Wildman–Crippen LogP) is 5.96. The van der Waals surface area contributed by atoms with Crippen molar-refractivity contribution in [2.24, 2.45) is 0 Å². The molecule has 1 aromatic heterocycles. The molecule has 6 nitrogen and oxygen atoms in total. The zero-order chi connectivity index (χ0) is 25.7. The van der Waals surface area contributed by atoms with Gasteiger partial charge in [0.1, 0.15) is 5.75 Å². The first-order valence-electron chi connectivity index (χ1n) is 11.5. The van der Waals surface area contributed by atoms with Gasteiger partial charge in [0.05, 0.1) is 17.8 Å². The summed E-state index contributed by atoms with van der Waals surface area (Å²) >= 11 is 24.9. The van der Waals surface area contributed by atoms with Crippen molar-refractivity contribution >= 4 is 80.7 Å². The maximum absolute atomic E-state index is 12.8. The smallest absolute Gasteiger partial charge is 0.245 e. The molecule has 1 atom stereocenters. The minimum atomic E-state index is -1.83. The Kier molecular flexibility index (Phi) is 8.57. The molecule has 10 heteroatoms. The Labute approximate surface area is 230 Å². The lowest BCUT2D eigenvalue weighted by molar-refractivity contribution is -0.117. The largest absolute Gasteiger partial charge is 0.494 e. The number of amides is 1. The van der Waals surface area contributed by atoms with E-state index in [0.717, 1.165) is 34.3 Å². The maximum atomic E-state index is 12.8. The second-order valence-corrected chi connectivity index (χ2v) is 10.9. The lowest BCUT2D eigenvalue weighted by Gasteiger charge is -2.44. The number of fused-ring (bicyclic) bond motifs is 1. The van der Waals surface area contributed by atoms with E-state index >= 15 is 0 Å². The lowest BCUT2D eigenvalue weighted by Crippen LogP contribution is -2.62. The van der Waals surface area contributed by atoms with Crippen molar-refractivity contribution in [3.8, 4) is 5.75 Å². The predicted molar refractivity (Wildman–Crippen MR) is 152 cm³/mol. The Morgan fingerprint density at radius 3 is 2.64 bits per heavy atom. The van der Waals surface area contributed by atoms with Crippen molar-refractivity contribution in [2.75, 3.05) is 24.6 Å². The van der Waals surface area contributed by atoms with Crippen LogP contribution in [0.25, 0.3) is 17.0 Å². The zero-order valence-electron chi connectivity index (χ0n) is 19.5. The number of thiocarbonyl (C=S) groups is 1. The van der Waals surface area contributed by atoms with Crippen molar-refractivity contribution in [3.05, 3.63) is 72.4 Å². The Hall–Kier alpha value is -2.58. The van der Waals surface area contributed by atoms with Gasteiger partial charge < -0.3 is 19.9 Å². The van der Waals surface area contributed by atoms with Crippen LogP contribution in [0.15, 0.2) is 66.9 Å². The van der Waals surface area contributed by atoms with E-state index in [1.54, 1.807) is 17.2 Å². The molecule has 0 radical (unpaired) electrons. The van der Waals surface area contributed by atoms with Gasteiger partial charge in [0.15, 0.2) is 11.3 Å². The standard InChI is InChI=1S/C26H25Cl3N4O2S/c1-2-35-20-12-9-18(10-13-20)11-14-22(34)31-24(26(27,28)29)33-17-5-16-32(25(33)36)21-8-3-6-19-7-4-15-30-23(19)21/h3-4,6-15,24H,2,5,16-17H2,1H3,(H,31,34)/b14-11+. The summed E-state index contributed by atoms with van der Waals surface area (Å²) < 4.78 is 3.62. The van der Waals surface area contributed by atoms with Crippen LogP contribution in [0.5, 0.6) is 5.75 Å². The van der Waals surface area contributed by atoms with Crippen molar-refractivity contribution in [1.82, 2.24) is 15.2 Å². The Morgan fingerprint density at radius 2 is 1.92 bits per heavy atom. The summed E-state index contributed by atoms with van der Waals surface area (Å²) in [7, 11) is 0. The van der Waals surface area contributed by atoms with Crippen LogP contribution in [0.2, 0.25) is 0 Å². The number of benzene rings is 2. The number of anilines is 1. The van der Waals surface area contributed by atoms with Gasteiger partial charge in [0.25, 0.3) is 0 Å². The van der Waals surface area contributed by atoms with Crippen LogP contribution in [-0.2, 0) is 4.79 Å². The number of pyridine rings is 1. The highest BCUT2D eigenvalue weighted by molar-refractivity contribution is 7.80. The van der Waals surface area contributed by atoms with Gasteiger partial charge in [-0.1, -0.05) is 65.1 Å². The molecule has 4 rings (SSSR count).